The van der Waals surface area contributed by atoms with Gasteiger partial charge in [0.1, 0.15) is 5.02 Å². The fourth-order valence-corrected chi connectivity index (χ4v) is 3.48. The minimum absolute atomic E-state index is 0.0251. The van der Waals surface area contributed by atoms with Crippen LogP contribution in [0.3, 0.4) is 0 Å². The maximum atomic E-state index is 13.2. The van der Waals surface area contributed by atoms with E-state index in [1.807, 2.05) is 16.7 Å². The molecule has 0 unspecified atom stereocenters. The molecule has 0 radical (unpaired) electrons. The van der Waals surface area contributed by atoms with E-state index in [0.717, 1.165) is 6.07 Å². The number of hydrogen-bond acceptors (Lipinski definition) is 4. The summed E-state index contributed by atoms with van der Waals surface area (Å²) in [6.07, 6.45) is -2.87. The van der Waals surface area contributed by atoms with Crippen molar-refractivity contribution in [2.45, 2.75) is 25.7 Å². The highest BCUT2D eigenvalue weighted by Crippen LogP contribution is 2.33. The maximum Gasteiger partial charge on any atom is 0.416 e. The van der Waals surface area contributed by atoms with Crippen molar-refractivity contribution in [3.05, 3.63) is 57.0 Å². The first-order chi connectivity index (χ1) is 12.3. The summed E-state index contributed by atoms with van der Waals surface area (Å²) < 4.78 is 39.5. The van der Waals surface area contributed by atoms with Gasteiger partial charge in [0.15, 0.2) is 0 Å². The third-order valence-corrected chi connectivity index (χ3v) is 4.88. The summed E-state index contributed by atoms with van der Waals surface area (Å²) in [5, 5.41) is 6.12. The summed E-state index contributed by atoms with van der Waals surface area (Å²) in [4.78, 5) is 15.6. The molecule has 9 heteroatoms. The van der Waals surface area contributed by atoms with Crippen molar-refractivity contribution in [1.29, 1.82) is 0 Å². The quantitative estimate of drug-likeness (QED) is 0.880. The highest BCUT2D eigenvalue weighted by molar-refractivity contribution is 6.33. The molecule has 0 aliphatic carbocycles. The fraction of sp³-hybridized carbons (Fsp3) is 0.412. The molecule has 1 saturated heterocycles. The lowest BCUT2D eigenvalue weighted by Crippen LogP contribution is -2.52. The Morgan fingerprint density at radius 1 is 1.31 bits per heavy atom. The molecule has 1 aromatic heterocycles. The molecule has 2 heterocycles. The average molecular weight is 387 g/mol. The van der Waals surface area contributed by atoms with E-state index in [9.17, 15) is 18.0 Å². The Morgan fingerprint density at radius 2 is 2.04 bits per heavy atom. The van der Waals surface area contributed by atoms with E-state index < -0.39 is 17.3 Å². The molecular weight excluding hydrogens is 369 g/mol. The number of nitrogens with zero attached hydrogens (tertiary/aromatic N) is 3. The number of halogens is 4. The molecule has 1 aliphatic heterocycles. The number of aromatic amines is 1. The van der Waals surface area contributed by atoms with Crippen molar-refractivity contribution >= 4 is 17.3 Å². The molecule has 5 nitrogen and oxygen atoms in total. The van der Waals surface area contributed by atoms with Crippen LogP contribution in [0.4, 0.5) is 18.9 Å². The first kappa shape index (κ1) is 18.7. The summed E-state index contributed by atoms with van der Waals surface area (Å²) in [6.45, 7) is 3.81. The van der Waals surface area contributed by atoms with E-state index in [1.54, 1.807) is 6.07 Å². The van der Waals surface area contributed by atoms with Gasteiger partial charge in [0, 0.05) is 32.2 Å². The topological polar surface area (TPSA) is 52.2 Å². The molecule has 1 aliphatic rings. The number of alkyl halides is 3. The maximum absolute atomic E-state index is 13.2. The lowest BCUT2D eigenvalue weighted by atomic mass is 10.1. The van der Waals surface area contributed by atoms with Gasteiger partial charge in [-0.25, -0.2) is 5.10 Å². The number of benzene rings is 1. The van der Waals surface area contributed by atoms with Crippen LogP contribution in [0.15, 0.2) is 35.3 Å². The second kappa shape index (κ2) is 7.28. The van der Waals surface area contributed by atoms with E-state index in [-0.39, 0.29) is 23.2 Å². The molecule has 1 aromatic carbocycles. The smallest absolute Gasteiger partial charge is 0.364 e. The van der Waals surface area contributed by atoms with Crippen LogP contribution in [0.1, 0.15) is 18.1 Å². The summed E-state index contributed by atoms with van der Waals surface area (Å²) in [5.41, 5.74) is -0.260. The van der Waals surface area contributed by atoms with E-state index in [1.165, 1.54) is 18.3 Å². The van der Waals surface area contributed by atoms with Gasteiger partial charge < -0.3 is 4.90 Å². The Kier molecular flexibility index (Phi) is 5.24. The van der Waals surface area contributed by atoms with E-state index >= 15 is 0 Å². The van der Waals surface area contributed by atoms with Crippen molar-refractivity contribution in [3.8, 4) is 0 Å². The van der Waals surface area contributed by atoms with Gasteiger partial charge in [-0.3, -0.25) is 9.69 Å². The zero-order valence-corrected chi connectivity index (χ0v) is 14.8. The van der Waals surface area contributed by atoms with Crippen molar-refractivity contribution in [2.75, 3.05) is 24.5 Å². The third-order valence-electron chi connectivity index (χ3n) is 4.51. The van der Waals surface area contributed by atoms with Crippen molar-refractivity contribution < 1.29 is 13.2 Å². The van der Waals surface area contributed by atoms with Crippen LogP contribution in [0, 0.1) is 0 Å². The molecule has 140 valence electrons. The van der Waals surface area contributed by atoms with E-state index in [4.69, 9.17) is 11.6 Å². The Labute approximate surface area is 153 Å². The molecule has 1 atom stereocenters. The van der Waals surface area contributed by atoms with E-state index in [2.05, 4.69) is 10.2 Å². The molecule has 0 saturated carbocycles. The van der Waals surface area contributed by atoms with Crippen LogP contribution in [0.25, 0.3) is 0 Å². The van der Waals surface area contributed by atoms with Gasteiger partial charge in [0.05, 0.1) is 17.4 Å². The number of hydrogen-bond donors (Lipinski definition) is 1. The second-order valence-electron chi connectivity index (χ2n) is 6.33. The lowest BCUT2D eigenvalue weighted by molar-refractivity contribution is -0.138. The van der Waals surface area contributed by atoms with Crippen LogP contribution in [0.2, 0.25) is 5.02 Å². The molecule has 0 bridgehead atoms. The third kappa shape index (κ3) is 3.86. The number of nitrogens with one attached hydrogen (secondary N) is 1. The molecule has 1 N–H and O–H groups in total. The van der Waals surface area contributed by atoms with Crippen LogP contribution >= 0.6 is 11.6 Å². The molecule has 0 spiro atoms. The standard InChI is InChI=1S/C17H18ClF3N4O/c1-11-9-24(10-12-4-2-3-5-13(12)17(19,20)21)6-7-25(11)14-8-22-23-16(26)15(14)18/h2-5,8,11H,6-7,9-10H2,1H3,(H,23,26)/t11-/m1/s1. The van der Waals surface area contributed by atoms with Crippen molar-refractivity contribution in [1.82, 2.24) is 15.1 Å². The lowest BCUT2D eigenvalue weighted by Gasteiger charge is -2.41. The Bertz CT molecular complexity index is 839. The highest BCUT2D eigenvalue weighted by atomic mass is 35.5. The van der Waals surface area contributed by atoms with Gasteiger partial charge in [-0.2, -0.15) is 18.3 Å². The predicted octanol–water partition coefficient (Wildman–Crippen LogP) is 3.15. The van der Waals surface area contributed by atoms with Gasteiger partial charge in [-0.05, 0) is 18.6 Å². The van der Waals surface area contributed by atoms with Gasteiger partial charge in [0.25, 0.3) is 5.56 Å². The monoisotopic (exact) mass is 386 g/mol. The zero-order valence-electron chi connectivity index (χ0n) is 14.1. The van der Waals surface area contributed by atoms with Crippen LogP contribution < -0.4 is 10.5 Å². The summed E-state index contributed by atoms with van der Waals surface area (Å²) in [7, 11) is 0. The van der Waals surface area contributed by atoms with Crippen LogP contribution in [-0.4, -0.2) is 40.8 Å². The number of H-pyrrole nitrogens is 1. The van der Waals surface area contributed by atoms with Gasteiger partial charge in [-0.1, -0.05) is 29.8 Å². The number of aromatic nitrogens is 2. The average Bonchev–Trinajstić information content (AvgIpc) is 2.58. The minimum Gasteiger partial charge on any atom is -0.364 e. The van der Waals surface area contributed by atoms with Gasteiger partial charge in [-0.15, -0.1) is 0 Å². The predicted molar refractivity (Wildman–Crippen MR) is 93.4 cm³/mol. The molecular formula is C17H18ClF3N4O. The molecule has 26 heavy (non-hydrogen) atoms. The number of rotatable bonds is 3. The number of anilines is 1. The largest absolute Gasteiger partial charge is 0.416 e. The first-order valence-electron chi connectivity index (χ1n) is 8.14. The van der Waals surface area contributed by atoms with Crippen molar-refractivity contribution in [3.63, 3.8) is 0 Å². The normalized spacial score (nSPS) is 19.0. The van der Waals surface area contributed by atoms with Gasteiger partial charge in [0.2, 0.25) is 0 Å². The summed E-state index contributed by atoms with van der Waals surface area (Å²) in [5.74, 6) is 0. The highest BCUT2D eigenvalue weighted by Gasteiger charge is 2.34. The fourth-order valence-electron chi connectivity index (χ4n) is 3.28. The summed E-state index contributed by atoms with van der Waals surface area (Å²) in [6, 6.07) is 5.61. The number of piperazine rings is 1. The van der Waals surface area contributed by atoms with E-state index in [0.29, 0.717) is 25.3 Å². The molecule has 0 amide bonds. The Hall–Kier alpha value is -2.06. The van der Waals surface area contributed by atoms with Crippen LogP contribution in [0.5, 0.6) is 0 Å². The van der Waals surface area contributed by atoms with Crippen molar-refractivity contribution in [2.24, 2.45) is 0 Å². The Balaban J connectivity index is 1.74. The molecule has 3 rings (SSSR count). The zero-order chi connectivity index (χ0) is 18.9. The summed E-state index contributed by atoms with van der Waals surface area (Å²) >= 11 is 6.06. The Morgan fingerprint density at radius 3 is 2.73 bits per heavy atom. The first-order valence-corrected chi connectivity index (χ1v) is 8.52. The van der Waals surface area contributed by atoms with Gasteiger partial charge >= 0.3 is 6.18 Å². The molecule has 2 aromatic rings. The minimum atomic E-state index is -4.37. The second-order valence-corrected chi connectivity index (χ2v) is 6.71. The SMILES string of the molecule is C[C@@H]1CN(Cc2ccccc2C(F)(F)F)CCN1c1cn[nH]c(=O)c1Cl. The molecule has 1 fully saturated rings. The van der Waals surface area contributed by atoms with Crippen LogP contribution in [-0.2, 0) is 12.7 Å².